The van der Waals surface area contributed by atoms with Crippen molar-refractivity contribution in [3.8, 4) is 6.07 Å². The van der Waals surface area contributed by atoms with E-state index >= 15 is 0 Å². The molecule has 2 nitrogen and oxygen atoms in total. The van der Waals surface area contributed by atoms with Gasteiger partial charge >= 0.3 is 0 Å². The smallest absolute Gasteiger partial charge is 0.289 e. The SMILES string of the molecule is CC[C@@H](C)[C@@H](C#[NH+])NCc1ccccc1. The number of nitrogens with one attached hydrogen (secondary N) is 2. The normalized spacial score (nSPS) is 14.2. The second kappa shape index (κ2) is 6.21. The number of hydrogen-bond donors (Lipinski definition) is 2. The van der Waals surface area contributed by atoms with E-state index in [-0.39, 0.29) is 6.04 Å². The van der Waals surface area contributed by atoms with Gasteiger partial charge in [0.05, 0.1) is 0 Å². The van der Waals surface area contributed by atoms with Crippen LogP contribution in [-0.2, 0) is 6.54 Å². The molecule has 0 aliphatic rings. The van der Waals surface area contributed by atoms with Crippen LogP contribution in [-0.4, -0.2) is 6.04 Å². The Hall–Kier alpha value is -1.33. The molecule has 0 aromatic heterocycles. The lowest BCUT2D eigenvalue weighted by Gasteiger charge is -2.14. The van der Waals surface area contributed by atoms with Gasteiger partial charge < -0.3 is 0 Å². The molecule has 2 atom stereocenters. The van der Waals surface area contributed by atoms with Crippen LogP contribution in [0, 0.1) is 12.0 Å². The Balaban J connectivity index is 2.46. The summed E-state index contributed by atoms with van der Waals surface area (Å²) in [7, 11) is 0. The van der Waals surface area contributed by atoms with E-state index in [1.807, 2.05) is 18.2 Å². The summed E-state index contributed by atoms with van der Waals surface area (Å²) in [6.07, 6.45) is 1.07. The maximum absolute atomic E-state index is 7.25. The van der Waals surface area contributed by atoms with Crippen LogP contribution in [0.1, 0.15) is 25.8 Å². The van der Waals surface area contributed by atoms with Crippen molar-refractivity contribution in [2.24, 2.45) is 5.92 Å². The van der Waals surface area contributed by atoms with Crippen LogP contribution in [0.5, 0.6) is 0 Å². The molecule has 0 radical (unpaired) electrons. The number of benzene rings is 1. The Bertz CT molecular complexity index is 313. The zero-order valence-corrected chi connectivity index (χ0v) is 9.46. The molecule has 1 aromatic rings. The summed E-state index contributed by atoms with van der Waals surface area (Å²) in [5.41, 5.74) is 1.25. The maximum atomic E-state index is 7.25. The fourth-order valence-electron chi connectivity index (χ4n) is 1.45. The zero-order valence-electron chi connectivity index (χ0n) is 9.46. The molecule has 0 spiro atoms. The van der Waals surface area contributed by atoms with Gasteiger partial charge in [-0.25, -0.2) is 0 Å². The molecular weight excluding hydrogens is 184 g/mol. The first kappa shape index (κ1) is 11.7. The summed E-state index contributed by atoms with van der Waals surface area (Å²) in [6, 6.07) is 12.9. The van der Waals surface area contributed by atoms with E-state index in [1.165, 1.54) is 5.56 Å². The topological polar surface area (TPSA) is 35.8 Å². The van der Waals surface area contributed by atoms with Crippen LogP contribution in [0.25, 0.3) is 0 Å². The Morgan fingerprint density at radius 2 is 2.00 bits per heavy atom. The van der Waals surface area contributed by atoms with Crippen molar-refractivity contribution in [1.29, 1.82) is 0 Å². The van der Waals surface area contributed by atoms with E-state index in [0.29, 0.717) is 5.92 Å². The van der Waals surface area contributed by atoms with E-state index in [0.717, 1.165) is 13.0 Å². The van der Waals surface area contributed by atoms with Gasteiger partial charge in [-0.05, 0) is 11.5 Å². The minimum Gasteiger partial charge on any atom is -0.294 e. The molecule has 0 heterocycles. The van der Waals surface area contributed by atoms with Gasteiger partial charge in [-0.1, -0.05) is 55.9 Å². The van der Waals surface area contributed by atoms with Gasteiger partial charge in [0.2, 0.25) is 0 Å². The van der Waals surface area contributed by atoms with Crippen molar-refractivity contribution < 1.29 is 5.26 Å². The molecule has 1 aromatic carbocycles. The Morgan fingerprint density at radius 1 is 1.33 bits per heavy atom. The summed E-state index contributed by atoms with van der Waals surface area (Å²) in [5, 5.41) is 10.6. The third-order valence-electron chi connectivity index (χ3n) is 2.74. The van der Waals surface area contributed by atoms with Gasteiger partial charge in [-0.15, -0.1) is 0 Å². The lowest BCUT2D eigenvalue weighted by molar-refractivity contribution is -0.0980. The van der Waals surface area contributed by atoms with Crippen molar-refractivity contribution >= 4 is 0 Å². The summed E-state index contributed by atoms with van der Waals surface area (Å²) >= 11 is 0. The predicted octanol–water partition coefficient (Wildman–Crippen LogP) is 0.964. The van der Waals surface area contributed by atoms with Crippen LogP contribution in [0.4, 0.5) is 0 Å². The molecule has 1 rings (SSSR count). The summed E-state index contributed by atoms with van der Waals surface area (Å²) in [4.78, 5) is 0. The van der Waals surface area contributed by atoms with Crippen molar-refractivity contribution in [2.45, 2.75) is 32.9 Å². The maximum Gasteiger partial charge on any atom is 0.289 e. The standard InChI is InChI=1S/C13H18N2/c1-3-11(2)13(9-14)15-10-12-7-5-4-6-8-12/h4-8,11,13,15H,3,10H2,1-2H3/p+1/t11-,13-/m1/s1. The van der Waals surface area contributed by atoms with Gasteiger partial charge in [-0.2, -0.15) is 0 Å². The molecule has 0 aliphatic heterocycles. The zero-order chi connectivity index (χ0) is 11.1. The molecule has 0 amide bonds. The molecule has 15 heavy (non-hydrogen) atoms. The molecule has 0 saturated heterocycles. The molecule has 2 N–H and O–H groups in total. The number of hydrogen-bond acceptors (Lipinski definition) is 1. The van der Waals surface area contributed by atoms with E-state index < -0.39 is 0 Å². The van der Waals surface area contributed by atoms with Crippen LogP contribution in [0.2, 0.25) is 0 Å². The minimum absolute atomic E-state index is 0.0650. The van der Waals surface area contributed by atoms with E-state index in [2.05, 4.69) is 37.4 Å². The van der Waals surface area contributed by atoms with Gasteiger partial charge in [0, 0.05) is 6.54 Å². The first-order chi connectivity index (χ1) is 7.27. The van der Waals surface area contributed by atoms with Crippen molar-refractivity contribution in [3.05, 3.63) is 35.9 Å². The quantitative estimate of drug-likeness (QED) is 0.735. The highest BCUT2D eigenvalue weighted by Crippen LogP contribution is 2.07. The second-order valence-electron chi connectivity index (χ2n) is 3.87. The molecular formula is C13H19N2+. The Morgan fingerprint density at radius 3 is 2.53 bits per heavy atom. The third kappa shape index (κ3) is 3.73. The highest BCUT2D eigenvalue weighted by Gasteiger charge is 2.17. The summed E-state index contributed by atoms with van der Waals surface area (Å²) in [6.45, 7) is 5.09. The van der Waals surface area contributed by atoms with Crippen LogP contribution in [0.3, 0.4) is 0 Å². The lowest BCUT2D eigenvalue weighted by atomic mass is 10.0. The second-order valence-corrected chi connectivity index (χ2v) is 3.87. The fourth-order valence-corrected chi connectivity index (χ4v) is 1.45. The average Bonchev–Trinajstić information content (AvgIpc) is 2.31. The Kier molecular flexibility index (Phi) is 4.86. The summed E-state index contributed by atoms with van der Waals surface area (Å²) < 4.78 is 0. The molecule has 0 aliphatic carbocycles. The van der Waals surface area contributed by atoms with E-state index in [4.69, 9.17) is 5.26 Å². The van der Waals surface area contributed by atoms with Crippen molar-refractivity contribution in [2.75, 3.05) is 0 Å². The molecule has 2 heteroatoms. The van der Waals surface area contributed by atoms with Crippen molar-refractivity contribution in [3.63, 3.8) is 0 Å². The molecule has 0 saturated carbocycles. The minimum atomic E-state index is 0.0650. The van der Waals surface area contributed by atoms with Crippen LogP contribution < -0.4 is 10.6 Å². The Labute approximate surface area is 91.9 Å². The molecule has 80 valence electrons. The molecule has 0 fully saturated rings. The third-order valence-corrected chi connectivity index (χ3v) is 2.74. The largest absolute Gasteiger partial charge is 0.294 e. The highest BCUT2D eigenvalue weighted by atomic mass is 14.9. The lowest BCUT2D eigenvalue weighted by Crippen LogP contribution is -2.38. The monoisotopic (exact) mass is 203 g/mol. The highest BCUT2D eigenvalue weighted by molar-refractivity contribution is 5.14. The first-order valence-electron chi connectivity index (χ1n) is 5.47. The van der Waals surface area contributed by atoms with Crippen LogP contribution >= 0.6 is 0 Å². The van der Waals surface area contributed by atoms with Gasteiger partial charge in [0.25, 0.3) is 6.07 Å². The molecule has 0 unspecified atom stereocenters. The average molecular weight is 203 g/mol. The molecule has 0 bridgehead atoms. The first-order valence-corrected chi connectivity index (χ1v) is 5.47. The fraction of sp³-hybridized carbons (Fsp3) is 0.462. The van der Waals surface area contributed by atoms with Gasteiger partial charge in [-0.3, -0.25) is 5.32 Å². The van der Waals surface area contributed by atoms with Gasteiger partial charge in [0.1, 0.15) is 6.04 Å². The van der Waals surface area contributed by atoms with Crippen LogP contribution in [0.15, 0.2) is 30.3 Å². The van der Waals surface area contributed by atoms with E-state index in [9.17, 15) is 0 Å². The number of rotatable bonds is 5. The summed E-state index contributed by atoms with van der Waals surface area (Å²) in [5.74, 6) is 0.464. The van der Waals surface area contributed by atoms with Gasteiger partial charge in [0.15, 0.2) is 0 Å². The van der Waals surface area contributed by atoms with E-state index in [1.54, 1.807) is 0 Å². The van der Waals surface area contributed by atoms with Crippen molar-refractivity contribution in [1.82, 2.24) is 5.32 Å². The predicted molar refractivity (Wildman–Crippen MR) is 61.4 cm³/mol.